The molecule has 3 heteroatoms. The molecule has 11 heavy (non-hydrogen) atoms. The molecule has 3 nitrogen and oxygen atoms in total. The van der Waals surface area contributed by atoms with Crippen LogP contribution in [0.4, 0.5) is 0 Å². The molecule has 0 rings (SSSR count). The van der Waals surface area contributed by atoms with Crippen LogP contribution in [0, 0.1) is 0 Å². The monoisotopic (exact) mass is 158 g/mol. The van der Waals surface area contributed by atoms with Gasteiger partial charge < -0.3 is 10.2 Å². The van der Waals surface area contributed by atoms with E-state index in [4.69, 9.17) is 5.11 Å². The van der Waals surface area contributed by atoms with Gasteiger partial charge in [0.2, 0.25) is 0 Å². The van der Waals surface area contributed by atoms with Crippen LogP contribution in [0.3, 0.4) is 0 Å². The minimum absolute atomic E-state index is 0.208. The van der Waals surface area contributed by atoms with Crippen molar-refractivity contribution in [1.82, 2.24) is 0 Å². The molecule has 0 spiro atoms. The van der Waals surface area contributed by atoms with Gasteiger partial charge >= 0.3 is 5.97 Å². The molecule has 0 aliphatic rings. The van der Waals surface area contributed by atoms with E-state index in [9.17, 15) is 9.90 Å². The molecule has 0 fully saturated rings. The summed E-state index contributed by atoms with van der Waals surface area (Å²) in [6.45, 7) is 5.00. The molecule has 0 aromatic rings. The molecule has 0 aromatic carbocycles. The first-order valence-electron chi connectivity index (χ1n) is 3.53. The number of carbonyl (C=O) groups is 1. The molecule has 0 aliphatic heterocycles. The van der Waals surface area contributed by atoms with E-state index in [-0.39, 0.29) is 6.42 Å². The third-order valence-corrected chi connectivity index (χ3v) is 1.42. The van der Waals surface area contributed by atoms with E-state index in [1.165, 1.54) is 6.92 Å². The highest BCUT2D eigenvalue weighted by atomic mass is 16.4. The second-order valence-electron chi connectivity index (χ2n) is 2.89. The first kappa shape index (κ1) is 10.2. The van der Waals surface area contributed by atoms with Crippen molar-refractivity contribution >= 4 is 5.97 Å². The van der Waals surface area contributed by atoms with Crippen molar-refractivity contribution in [3.63, 3.8) is 0 Å². The predicted molar refractivity (Wildman–Crippen MR) is 42.3 cm³/mol. The zero-order valence-electron chi connectivity index (χ0n) is 6.71. The Bertz CT molecular complexity index is 149. The quantitative estimate of drug-likeness (QED) is 0.590. The summed E-state index contributed by atoms with van der Waals surface area (Å²) in [6.07, 6.45) is 2.54. The summed E-state index contributed by atoms with van der Waals surface area (Å²) >= 11 is 0. The maximum Gasteiger partial charge on any atom is 0.306 e. The van der Waals surface area contributed by atoms with Crippen LogP contribution >= 0.6 is 0 Å². The maximum absolute atomic E-state index is 10.2. The van der Waals surface area contributed by atoms with Crippen LogP contribution in [0.25, 0.3) is 0 Å². The number of hydrogen-bond donors (Lipinski definition) is 2. The number of carboxylic acid groups (broad SMARTS) is 1. The standard InChI is InChI=1S/C8H14O3/c1-3-4-5-8(2,11)6-7(9)10/h3,11H,1,4-6H2,2H3,(H,9,10). The molecular weight excluding hydrogens is 144 g/mol. The Labute approximate surface area is 66.4 Å². The van der Waals surface area contributed by atoms with Gasteiger partial charge in [-0.15, -0.1) is 6.58 Å². The second kappa shape index (κ2) is 4.13. The predicted octanol–water partition coefficient (Wildman–Crippen LogP) is 1.18. The van der Waals surface area contributed by atoms with Crippen molar-refractivity contribution in [2.75, 3.05) is 0 Å². The van der Waals surface area contributed by atoms with Gasteiger partial charge in [-0.2, -0.15) is 0 Å². The average Bonchev–Trinajstić information content (AvgIpc) is 1.81. The lowest BCUT2D eigenvalue weighted by Gasteiger charge is -2.19. The number of carboxylic acids is 1. The fraction of sp³-hybridized carbons (Fsp3) is 0.625. The molecule has 0 saturated heterocycles. The van der Waals surface area contributed by atoms with Gasteiger partial charge in [0.15, 0.2) is 0 Å². The summed E-state index contributed by atoms with van der Waals surface area (Å²) in [5.74, 6) is -0.973. The minimum Gasteiger partial charge on any atom is -0.481 e. The van der Waals surface area contributed by atoms with Crippen LogP contribution in [0.15, 0.2) is 12.7 Å². The third kappa shape index (κ3) is 5.61. The van der Waals surface area contributed by atoms with Crippen molar-refractivity contribution in [3.05, 3.63) is 12.7 Å². The van der Waals surface area contributed by atoms with Crippen molar-refractivity contribution < 1.29 is 15.0 Å². The van der Waals surface area contributed by atoms with Crippen molar-refractivity contribution in [3.8, 4) is 0 Å². The van der Waals surface area contributed by atoms with Gasteiger partial charge in [-0.3, -0.25) is 4.79 Å². The van der Waals surface area contributed by atoms with Gasteiger partial charge in [-0.25, -0.2) is 0 Å². The highest BCUT2D eigenvalue weighted by Crippen LogP contribution is 2.16. The SMILES string of the molecule is C=CCCC(C)(O)CC(=O)O. The Balaban J connectivity index is 3.78. The Hall–Kier alpha value is -0.830. The molecule has 0 bridgehead atoms. The van der Waals surface area contributed by atoms with Gasteiger partial charge in [0.1, 0.15) is 0 Å². The number of rotatable bonds is 5. The topological polar surface area (TPSA) is 57.5 Å². The smallest absolute Gasteiger partial charge is 0.306 e. The zero-order valence-corrected chi connectivity index (χ0v) is 6.71. The first-order valence-corrected chi connectivity index (χ1v) is 3.53. The van der Waals surface area contributed by atoms with E-state index in [1.807, 2.05) is 0 Å². The Kier molecular flexibility index (Phi) is 3.82. The summed E-state index contributed by atoms with van der Waals surface area (Å²) in [4.78, 5) is 10.2. The Morgan fingerprint density at radius 2 is 2.27 bits per heavy atom. The number of aliphatic hydroxyl groups is 1. The van der Waals surface area contributed by atoms with E-state index in [2.05, 4.69) is 6.58 Å². The summed E-state index contributed by atoms with van der Waals surface area (Å²) in [7, 11) is 0. The maximum atomic E-state index is 10.2. The Morgan fingerprint density at radius 1 is 1.73 bits per heavy atom. The molecule has 2 N–H and O–H groups in total. The summed E-state index contributed by atoms with van der Waals surface area (Å²) in [5.41, 5.74) is -1.10. The van der Waals surface area contributed by atoms with Gasteiger partial charge in [0, 0.05) is 0 Å². The van der Waals surface area contributed by atoms with Crippen LogP contribution in [0.1, 0.15) is 26.2 Å². The van der Waals surface area contributed by atoms with Crippen LogP contribution in [-0.2, 0) is 4.79 Å². The van der Waals surface area contributed by atoms with E-state index in [0.717, 1.165) is 0 Å². The second-order valence-corrected chi connectivity index (χ2v) is 2.89. The summed E-state index contributed by atoms with van der Waals surface area (Å²) in [5, 5.41) is 17.7. The molecule has 0 heterocycles. The number of allylic oxidation sites excluding steroid dienone is 1. The molecule has 64 valence electrons. The van der Waals surface area contributed by atoms with E-state index < -0.39 is 11.6 Å². The van der Waals surface area contributed by atoms with Crippen LogP contribution < -0.4 is 0 Å². The highest BCUT2D eigenvalue weighted by Gasteiger charge is 2.22. The number of hydrogen-bond acceptors (Lipinski definition) is 2. The van der Waals surface area contributed by atoms with Crippen LogP contribution in [0.5, 0.6) is 0 Å². The minimum atomic E-state index is -1.10. The number of aliphatic carboxylic acids is 1. The van der Waals surface area contributed by atoms with Crippen molar-refractivity contribution in [2.45, 2.75) is 31.8 Å². The summed E-state index contributed by atoms with van der Waals surface area (Å²) in [6, 6.07) is 0. The molecule has 1 atom stereocenters. The molecule has 0 aliphatic carbocycles. The molecule has 0 radical (unpaired) electrons. The molecule has 1 unspecified atom stereocenters. The largest absolute Gasteiger partial charge is 0.481 e. The van der Waals surface area contributed by atoms with Gasteiger partial charge in [0.05, 0.1) is 12.0 Å². The summed E-state index contributed by atoms with van der Waals surface area (Å²) < 4.78 is 0. The molecule has 0 amide bonds. The molecular formula is C8H14O3. The van der Waals surface area contributed by atoms with Gasteiger partial charge in [0.25, 0.3) is 0 Å². The van der Waals surface area contributed by atoms with Crippen LogP contribution in [-0.4, -0.2) is 21.8 Å². The lowest BCUT2D eigenvalue weighted by Crippen LogP contribution is -2.27. The lowest BCUT2D eigenvalue weighted by atomic mass is 9.96. The molecule has 0 aromatic heterocycles. The first-order chi connectivity index (χ1) is 4.98. The van der Waals surface area contributed by atoms with Gasteiger partial charge in [-0.05, 0) is 19.8 Å². The highest BCUT2D eigenvalue weighted by molar-refractivity contribution is 5.67. The third-order valence-electron chi connectivity index (χ3n) is 1.42. The van der Waals surface area contributed by atoms with E-state index in [1.54, 1.807) is 6.08 Å². The van der Waals surface area contributed by atoms with Crippen molar-refractivity contribution in [1.29, 1.82) is 0 Å². The Morgan fingerprint density at radius 3 is 2.64 bits per heavy atom. The lowest BCUT2D eigenvalue weighted by molar-refractivity contribution is -0.142. The zero-order chi connectivity index (χ0) is 8.91. The van der Waals surface area contributed by atoms with Gasteiger partial charge in [-0.1, -0.05) is 6.08 Å². The van der Waals surface area contributed by atoms with Crippen molar-refractivity contribution in [2.24, 2.45) is 0 Å². The normalized spacial score (nSPS) is 15.5. The van der Waals surface area contributed by atoms with E-state index in [0.29, 0.717) is 12.8 Å². The average molecular weight is 158 g/mol. The van der Waals surface area contributed by atoms with E-state index >= 15 is 0 Å². The van der Waals surface area contributed by atoms with Crippen LogP contribution in [0.2, 0.25) is 0 Å². The fourth-order valence-corrected chi connectivity index (χ4v) is 0.827. The fourth-order valence-electron chi connectivity index (χ4n) is 0.827. The molecule has 0 saturated carbocycles.